The first-order chi connectivity index (χ1) is 10.2. The third kappa shape index (κ3) is 4.54. The van der Waals surface area contributed by atoms with Gasteiger partial charge in [0.15, 0.2) is 0 Å². The van der Waals surface area contributed by atoms with E-state index in [0.29, 0.717) is 16.7 Å². The Kier molecular flexibility index (Phi) is 5.22. The predicted octanol–water partition coefficient (Wildman–Crippen LogP) is 1.79. The summed E-state index contributed by atoms with van der Waals surface area (Å²) in [5, 5.41) is 5.27. The third-order valence-corrected chi connectivity index (χ3v) is 3.14. The lowest BCUT2D eigenvalue weighted by molar-refractivity contribution is -0.120. The van der Waals surface area contributed by atoms with Gasteiger partial charge in [-0.3, -0.25) is 9.59 Å². The van der Waals surface area contributed by atoms with Gasteiger partial charge in [0.05, 0.1) is 12.1 Å². The summed E-state index contributed by atoms with van der Waals surface area (Å²) in [6.07, 6.45) is 1.64. The number of amides is 2. The number of rotatable bonds is 5. The van der Waals surface area contributed by atoms with Crippen molar-refractivity contribution in [1.29, 1.82) is 0 Å². The molecule has 0 atom stereocenters. The number of nitrogens with one attached hydrogen (secondary N) is 3. The van der Waals surface area contributed by atoms with Crippen LogP contribution in [0.3, 0.4) is 0 Å². The van der Waals surface area contributed by atoms with E-state index in [1.54, 1.807) is 18.3 Å². The van der Waals surface area contributed by atoms with Gasteiger partial charge in [0, 0.05) is 12.7 Å². The Balaban J connectivity index is 1.80. The summed E-state index contributed by atoms with van der Waals surface area (Å²) in [5.41, 5.74) is 1.35. The standard InChI is InChI=1S/C15H15N3O2S/c19-13(17-9-11-5-2-1-3-6-11)10-18-14(20)12-7-4-8-16-15(12)21/h1-8H,9-10H2,(H,16,21)(H,17,19)(H,18,20). The van der Waals surface area contributed by atoms with Gasteiger partial charge in [-0.25, -0.2) is 0 Å². The SMILES string of the molecule is O=C(CNC(=O)c1ccc[nH]c1=S)NCc1ccccc1. The Morgan fingerprint density at radius 2 is 1.81 bits per heavy atom. The Morgan fingerprint density at radius 1 is 1.05 bits per heavy atom. The molecule has 0 aliphatic rings. The van der Waals surface area contributed by atoms with Crippen molar-refractivity contribution in [2.45, 2.75) is 6.54 Å². The van der Waals surface area contributed by atoms with Crippen molar-refractivity contribution in [1.82, 2.24) is 15.6 Å². The fourth-order valence-electron chi connectivity index (χ4n) is 1.72. The van der Waals surface area contributed by atoms with Crippen molar-refractivity contribution in [3.05, 3.63) is 64.4 Å². The molecule has 1 aromatic carbocycles. The molecule has 0 bridgehead atoms. The minimum absolute atomic E-state index is 0.0880. The summed E-state index contributed by atoms with van der Waals surface area (Å²) in [4.78, 5) is 26.3. The van der Waals surface area contributed by atoms with Crippen LogP contribution in [0.2, 0.25) is 0 Å². The monoisotopic (exact) mass is 301 g/mol. The van der Waals surface area contributed by atoms with E-state index < -0.39 is 0 Å². The number of aromatic nitrogens is 1. The van der Waals surface area contributed by atoms with Crippen molar-refractivity contribution < 1.29 is 9.59 Å². The largest absolute Gasteiger partial charge is 0.352 e. The highest BCUT2D eigenvalue weighted by molar-refractivity contribution is 7.71. The van der Waals surface area contributed by atoms with Crippen LogP contribution < -0.4 is 10.6 Å². The van der Waals surface area contributed by atoms with E-state index in [1.165, 1.54) is 0 Å². The summed E-state index contributed by atoms with van der Waals surface area (Å²) in [6.45, 7) is 0.344. The summed E-state index contributed by atoms with van der Waals surface area (Å²) >= 11 is 5.01. The smallest absolute Gasteiger partial charge is 0.254 e. The molecule has 108 valence electrons. The van der Waals surface area contributed by atoms with Gasteiger partial charge < -0.3 is 15.6 Å². The molecule has 6 heteroatoms. The number of hydrogen-bond acceptors (Lipinski definition) is 3. The Bertz CT molecular complexity index is 683. The quantitative estimate of drug-likeness (QED) is 0.737. The van der Waals surface area contributed by atoms with Crippen LogP contribution in [-0.2, 0) is 11.3 Å². The van der Waals surface area contributed by atoms with Gasteiger partial charge >= 0.3 is 0 Å². The van der Waals surface area contributed by atoms with Crippen LogP contribution >= 0.6 is 12.2 Å². The second kappa shape index (κ2) is 7.35. The Hall–Kier alpha value is -2.47. The molecule has 0 radical (unpaired) electrons. The molecule has 2 aromatic rings. The maximum absolute atomic E-state index is 11.9. The lowest BCUT2D eigenvalue weighted by atomic mass is 10.2. The molecule has 1 heterocycles. The number of pyridine rings is 1. The molecule has 0 fully saturated rings. The van der Waals surface area contributed by atoms with E-state index in [1.807, 2.05) is 30.3 Å². The van der Waals surface area contributed by atoms with Gasteiger partial charge in [0.25, 0.3) is 5.91 Å². The number of hydrogen-bond donors (Lipinski definition) is 3. The van der Waals surface area contributed by atoms with Gasteiger partial charge in [-0.2, -0.15) is 0 Å². The van der Waals surface area contributed by atoms with Gasteiger partial charge in [0.1, 0.15) is 4.64 Å². The number of carbonyl (C=O) groups excluding carboxylic acids is 2. The topological polar surface area (TPSA) is 74.0 Å². The van der Waals surface area contributed by atoms with Crippen LogP contribution in [0.15, 0.2) is 48.7 Å². The summed E-state index contributed by atoms with van der Waals surface area (Å²) in [7, 11) is 0. The van der Waals surface area contributed by atoms with Crippen molar-refractivity contribution in [2.75, 3.05) is 6.54 Å². The third-order valence-electron chi connectivity index (χ3n) is 2.80. The van der Waals surface area contributed by atoms with E-state index in [0.717, 1.165) is 5.56 Å². The highest BCUT2D eigenvalue weighted by atomic mass is 32.1. The molecular weight excluding hydrogens is 286 g/mol. The Labute approximate surface area is 127 Å². The van der Waals surface area contributed by atoms with Crippen LogP contribution in [0.5, 0.6) is 0 Å². The molecule has 0 unspecified atom stereocenters. The minimum atomic E-state index is -0.369. The molecule has 0 aliphatic heterocycles. The molecule has 5 nitrogen and oxygen atoms in total. The molecule has 0 saturated heterocycles. The molecule has 0 saturated carbocycles. The molecule has 21 heavy (non-hydrogen) atoms. The van der Waals surface area contributed by atoms with Gasteiger partial charge in [-0.15, -0.1) is 0 Å². The predicted molar refractivity (Wildman–Crippen MR) is 82.2 cm³/mol. The lowest BCUT2D eigenvalue weighted by Gasteiger charge is -2.07. The van der Waals surface area contributed by atoms with E-state index in [4.69, 9.17) is 12.2 Å². The number of H-pyrrole nitrogens is 1. The van der Waals surface area contributed by atoms with E-state index >= 15 is 0 Å². The van der Waals surface area contributed by atoms with E-state index in [9.17, 15) is 9.59 Å². The van der Waals surface area contributed by atoms with Crippen LogP contribution in [0.1, 0.15) is 15.9 Å². The summed E-state index contributed by atoms with van der Waals surface area (Å²) in [5.74, 6) is -0.621. The second-order valence-electron chi connectivity index (χ2n) is 4.36. The van der Waals surface area contributed by atoms with Gasteiger partial charge in [-0.05, 0) is 17.7 Å². The number of benzene rings is 1. The first kappa shape index (κ1) is 14.9. The zero-order valence-corrected chi connectivity index (χ0v) is 12.1. The maximum Gasteiger partial charge on any atom is 0.254 e. The first-order valence-corrected chi connectivity index (χ1v) is 6.84. The highest BCUT2D eigenvalue weighted by Gasteiger charge is 2.09. The minimum Gasteiger partial charge on any atom is -0.352 e. The molecular formula is C15H15N3O2S. The van der Waals surface area contributed by atoms with Crippen LogP contribution in [-0.4, -0.2) is 23.3 Å². The van der Waals surface area contributed by atoms with E-state index in [-0.39, 0.29) is 18.4 Å². The Morgan fingerprint density at radius 3 is 2.52 bits per heavy atom. The number of carbonyl (C=O) groups is 2. The zero-order valence-electron chi connectivity index (χ0n) is 11.3. The van der Waals surface area contributed by atoms with Gasteiger partial charge in [-0.1, -0.05) is 42.5 Å². The van der Waals surface area contributed by atoms with Crippen molar-refractivity contribution >= 4 is 24.0 Å². The molecule has 3 N–H and O–H groups in total. The van der Waals surface area contributed by atoms with Crippen LogP contribution in [0, 0.1) is 4.64 Å². The number of aromatic amines is 1. The molecule has 0 spiro atoms. The molecule has 2 amide bonds. The molecule has 0 aliphatic carbocycles. The first-order valence-electron chi connectivity index (χ1n) is 6.43. The molecule has 1 aromatic heterocycles. The highest BCUT2D eigenvalue weighted by Crippen LogP contribution is 1.99. The van der Waals surface area contributed by atoms with Crippen molar-refractivity contribution in [2.24, 2.45) is 0 Å². The lowest BCUT2D eigenvalue weighted by Crippen LogP contribution is -2.36. The van der Waals surface area contributed by atoms with Crippen LogP contribution in [0.4, 0.5) is 0 Å². The maximum atomic E-state index is 11.9. The average Bonchev–Trinajstić information content (AvgIpc) is 2.52. The van der Waals surface area contributed by atoms with E-state index in [2.05, 4.69) is 15.6 Å². The van der Waals surface area contributed by atoms with Gasteiger partial charge in [0.2, 0.25) is 5.91 Å². The fourth-order valence-corrected chi connectivity index (χ4v) is 1.94. The second-order valence-corrected chi connectivity index (χ2v) is 4.77. The normalized spacial score (nSPS) is 9.90. The average molecular weight is 301 g/mol. The van der Waals surface area contributed by atoms with Crippen molar-refractivity contribution in [3.63, 3.8) is 0 Å². The zero-order chi connectivity index (χ0) is 15.1. The van der Waals surface area contributed by atoms with Crippen LogP contribution in [0.25, 0.3) is 0 Å². The fraction of sp³-hybridized carbons (Fsp3) is 0.133. The van der Waals surface area contributed by atoms with Crippen molar-refractivity contribution in [3.8, 4) is 0 Å². The molecule has 2 rings (SSSR count). The summed E-state index contributed by atoms with van der Waals surface area (Å²) < 4.78 is 0.347. The summed E-state index contributed by atoms with van der Waals surface area (Å²) in [6, 6.07) is 12.8.